The lowest BCUT2D eigenvalue weighted by Crippen LogP contribution is -2.48. The van der Waals surface area contributed by atoms with E-state index in [1.165, 1.54) is 15.6 Å². The van der Waals surface area contributed by atoms with Crippen LogP contribution in [-0.4, -0.2) is 49.2 Å². The second-order valence-corrected chi connectivity index (χ2v) is 11.1. The predicted molar refractivity (Wildman–Crippen MR) is 112 cm³/mol. The molecular formula is C17H22N4O4S3. The summed E-state index contributed by atoms with van der Waals surface area (Å²) in [5, 5.41) is 11.1. The average molecular weight is 443 g/mol. The van der Waals surface area contributed by atoms with Gasteiger partial charge in [0.05, 0.1) is 18.5 Å². The zero-order valence-corrected chi connectivity index (χ0v) is 18.4. The third kappa shape index (κ3) is 4.95. The van der Waals surface area contributed by atoms with Crippen LogP contribution in [0.25, 0.3) is 0 Å². The summed E-state index contributed by atoms with van der Waals surface area (Å²) in [6, 6.07) is 5.21. The van der Waals surface area contributed by atoms with Crippen LogP contribution in [0.4, 0.5) is 10.8 Å². The summed E-state index contributed by atoms with van der Waals surface area (Å²) in [5.41, 5.74) is 1.34. The molecular weight excluding hydrogens is 420 g/mol. The molecule has 11 heteroatoms. The van der Waals surface area contributed by atoms with Crippen molar-refractivity contribution in [2.75, 3.05) is 28.2 Å². The van der Waals surface area contributed by atoms with Gasteiger partial charge in [-0.15, -0.1) is 10.2 Å². The SMILES string of the molecule is Cc1ccc2c(c1)N(S(C)(=O)=O)C[C@H](C(=O)Nc1nnc(SCC(C)C)s1)O2. The van der Waals surface area contributed by atoms with Gasteiger partial charge in [0, 0.05) is 5.75 Å². The average Bonchev–Trinajstić information content (AvgIpc) is 3.05. The molecule has 0 bridgehead atoms. The number of nitrogens with zero attached hydrogens (tertiary/aromatic N) is 3. The maximum Gasteiger partial charge on any atom is 0.269 e. The number of benzene rings is 1. The third-order valence-electron chi connectivity index (χ3n) is 3.85. The van der Waals surface area contributed by atoms with E-state index in [0.29, 0.717) is 22.5 Å². The molecule has 1 aromatic carbocycles. The molecule has 3 rings (SSSR count). The van der Waals surface area contributed by atoms with Crippen LogP contribution in [0, 0.1) is 12.8 Å². The summed E-state index contributed by atoms with van der Waals surface area (Å²) in [4.78, 5) is 12.7. The monoisotopic (exact) mass is 442 g/mol. The van der Waals surface area contributed by atoms with Crippen molar-refractivity contribution in [3.05, 3.63) is 23.8 Å². The molecule has 0 unspecified atom stereocenters. The number of carbonyl (C=O) groups excluding carboxylic acids is 1. The molecule has 0 saturated heterocycles. The second kappa shape index (κ2) is 8.26. The van der Waals surface area contributed by atoms with Crippen molar-refractivity contribution in [1.29, 1.82) is 0 Å². The Morgan fingerprint density at radius 2 is 2.18 bits per heavy atom. The summed E-state index contributed by atoms with van der Waals surface area (Å²) < 4.78 is 32.2. The number of thioether (sulfide) groups is 1. The van der Waals surface area contributed by atoms with E-state index in [1.54, 1.807) is 23.9 Å². The number of fused-ring (bicyclic) bond motifs is 1. The largest absolute Gasteiger partial charge is 0.476 e. The molecule has 0 saturated carbocycles. The second-order valence-electron chi connectivity index (χ2n) is 6.94. The Kier molecular flexibility index (Phi) is 6.15. The summed E-state index contributed by atoms with van der Waals surface area (Å²) in [6.45, 7) is 5.99. The van der Waals surface area contributed by atoms with Gasteiger partial charge >= 0.3 is 0 Å². The molecule has 2 aromatic rings. The van der Waals surface area contributed by atoms with Crippen LogP contribution in [0.5, 0.6) is 5.75 Å². The molecule has 0 aliphatic carbocycles. The highest BCUT2D eigenvalue weighted by molar-refractivity contribution is 8.01. The van der Waals surface area contributed by atoms with Crippen molar-refractivity contribution >= 4 is 49.8 Å². The molecule has 8 nitrogen and oxygen atoms in total. The van der Waals surface area contributed by atoms with E-state index < -0.39 is 22.0 Å². The van der Waals surface area contributed by atoms with Crippen LogP contribution >= 0.6 is 23.1 Å². The molecule has 1 amide bonds. The van der Waals surface area contributed by atoms with Gasteiger partial charge in [0.1, 0.15) is 5.75 Å². The number of aryl methyl sites for hydroxylation is 1. The number of nitrogens with one attached hydrogen (secondary N) is 1. The predicted octanol–water partition coefficient (Wildman–Crippen LogP) is 2.76. The maximum atomic E-state index is 12.7. The molecule has 0 radical (unpaired) electrons. The maximum absolute atomic E-state index is 12.7. The highest BCUT2D eigenvalue weighted by Gasteiger charge is 2.35. The lowest BCUT2D eigenvalue weighted by atomic mass is 10.1. The minimum atomic E-state index is -3.56. The van der Waals surface area contributed by atoms with Crippen molar-refractivity contribution in [1.82, 2.24) is 10.2 Å². The Hall–Kier alpha value is -1.85. The Morgan fingerprint density at radius 1 is 1.43 bits per heavy atom. The van der Waals surface area contributed by atoms with Crippen LogP contribution in [0.1, 0.15) is 19.4 Å². The molecule has 1 aliphatic rings. The van der Waals surface area contributed by atoms with Gasteiger partial charge in [-0.25, -0.2) is 8.42 Å². The van der Waals surface area contributed by atoms with E-state index in [2.05, 4.69) is 29.4 Å². The molecule has 152 valence electrons. The Labute approximate surface area is 172 Å². The fourth-order valence-corrected chi connectivity index (χ4v) is 5.19. The summed E-state index contributed by atoms with van der Waals surface area (Å²) in [7, 11) is -3.56. The van der Waals surface area contributed by atoms with Crippen molar-refractivity contribution in [3.8, 4) is 5.75 Å². The molecule has 1 N–H and O–H groups in total. The van der Waals surface area contributed by atoms with Gasteiger partial charge in [0.15, 0.2) is 10.4 Å². The van der Waals surface area contributed by atoms with E-state index >= 15 is 0 Å². The van der Waals surface area contributed by atoms with Gasteiger partial charge < -0.3 is 4.74 Å². The van der Waals surface area contributed by atoms with Crippen molar-refractivity contribution < 1.29 is 17.9 Å². The molecule has 0 fully saturated rings. The van der Waals surface area contributed by atoms with E-state index in [9.17, 15) is 13.2 Å². The Morgan fingerprint density at radius 3 is 2.86 bits per heavy atom. The molecule has 1 aliphatic heterocycles. The van der Waals surface area contributed by atoms with Gasteiger partial charge in [0.25, 0.3) is 5.91 Å². The van der Waals surface area contributed by atoms with Gasteiger partial charge in [-0.1, -0.05) is 43.0 Å². The lowest BCUT2D eigenvalue weighted by molar-refractivity contribution is -0.122. The van der Waals surface area contributed by atoms with Crippen LogP contribution in [0.15, 0.2) is 22.5 Å². The number of hydrogen-bond donors (Lipinski definition) is 1. The first-order valence-corrected chi connectivity index (χ1v) is 12.3. The number of anilines is 2. The molecule has 28 heavy (non-hydrogen) atoms. The van der Waals surface area contributed by atoms with Gasteiger partial charge in [-0.3, -0.25) is 14.4 Å². The van der Waals surface area contributed by atoms with Crippen LogP contribution in [0.3, 0.4) is 0 Å². The highest BCUT2D eigenvalue weighted by atomic mass is 32.2. The fraction of sp³-hybridized carbons (Fsp3) is 0.471. The zero-order valence-electron chi connectivity index (χ0n) is 16.0. The van der Waals surface area contributed by atoms with E-state index in [4.69, 9.17) is 4.74 Å². The molecule has 0 spiro atoms. The number of carbonyl (C=O) groups is 1. The summed E-state index contributed by atoms with van der Waals surface area (Å²) in [6.07, 6.45) is 0.128. The molecule has 1 aromatic heterocycles. The van der Waals surface area contributed by atoms with Gasteiger partial charge in [-0.05, 0) is 30.5 Å². The molecule has 1 atom stereocenters. The Balaban J connectivity index is 1.75. The summed E-state index contributed by atoms with van der Waals surface area (Å²) >= 11 is 2.87. The third-order valence-corrected chi connectivity index (χ3v) is 7.40. The van der Waals surface area contributed by atoms with Gasteiger partial charge in [-0.2, -0.15) is 0 Å². The number of sulfonamides is 1. The first kappa shape index (κ1) is 20.9. The van der Waals surface area contributed by atoms with E-state index in [0.717, 1.165) is 21.9 Å². The minimum absolute atomic E-state index is 0.102. The van der Waals surface area contributed by atoms with Crippen molar-refractivity contribution in [3.63, 3.8) is 0 Å². The number of amides is 1. The van der Waals surface area contributed by atoms with Crippen LogP contribution < -0.4 is 14.4 Å². The molecule has 2 heterocycles. The quantitative estimate of drug-likeness (QED) is 0.542. The fourth-order valence-electron chi connectivity index (χ4n) is 2.55. The van der Waals surface area contributed by atoms with Crippen molar-refractivity contribution in [2.24, 2.45) is 5.92 Å². The summed E-state index contributed by atoms with van der Waals surface area (Å²) in [5.74, 6) is 1.32. The Bertz CT molecular complexity index is 975. The lowest BCUT2D eigenvalue weighted by Gasteiger charge is -2.34. The van der Waals surface area contributed by atoms with Gasteiger partial charge in [0.2, 0.25) is 15.2 Å². The van der Waals surface area contributed by atoms with Crippen LogP contribution in [-0.2, 0) is 14.8 Å². The number of ether oxygens (including phenoxy) is 1. The zero-order chi connectivity index (χ0) is 20.5. The van der Waals surface area contributed by atoms with Crippen LogP contribution in [0.2, 0.25) is 0 Å². The first-order valence-electron chi connectivity index (χ1n) is 8.65. The number of aromatic nitrogens is 2. The van der Waals surface area contributed by atoms with E-state index in [-0.39, 0.29) is 6.54 Å². The first-order chi connectivity index (χ1) is 13.1. The van der Waals surface area contributed by atoms with E-state index in [1.807, 2.05) is 13.0 Å². The smallest absolute Gasteiger partial charge is 0.269 e. The van der Waals surface area contributed by atoms with Crippen molar-refractivity contribution in [2.45, 2.75) is 31.2 Å². The topological polar surface area (TPSA) is 101 Å². The standard InChI is InChI=1S/C17H22N4O4S3/c1-10(2)9-26-17-20-19-16(27-17)18-15(22)14-8-21(28(4,23)24)12-7-11(3)5-6-13(12)25-14/h5-7,10,14H,8-9H2,1-4H3,(H,18,19,22)/t14-/m1/s1. The highest BCUT2D eigenvalue weighted by Crippen LogP contribution is 2.36. The number of hydrogen-bond acceptors (Lipinski definition) is 8. The number of rotatable bonds is 6. The minimum Gasteiger partial charge on any atom is -0.476 e. The normalized spacial score (nSPS) is 16.6.